The monoisotopic (exact) mass is 328 g/mol. The lowest BCUT2D eigenvalue weighted by Crippen LogP contribution is -2.37. The van der Waals surface area contributed by atoms with Gasteiger partial charge < -0.3 is 4.90 Å². The molecule has 0 radical (unpaired) electrons. The van der Waals surface area contributed by atoms with Crippen LogP contribution in [0.25, 0.3) is 0 Å². The zero-order chi connectivity index (χ0) is 12.5. The first kappa shape index (κ1) is 12.6. The van der Waals surface area contributed by atoms with Crippen LogP contribution in [0, 0.1) is 0 Å². The van der Waals surface area contributed by atoms with Crippen LogP contribution in [-0.2, 0) is 0 Å². The fourth-order valence-electron chi connectivity index (χ4n) is 2.92. The van der Waals surface area contributed by atoms with E-state index in [4.69, 9.17) is 0 Å². The Balaban J connectivity index is 1.65. The highest BCUT2D eigenvalue weighted by Crippen LogP contribution is 2.27. The Morgan fingerprint density at radius 1 is 1.33 bits per heavy atom. The van der Waals surface area contributed by atoms with E-state index in [0.29, 0.717) is 6.04 Å². The molecule has 1 aromatic rings. The predicted molar refractivity (Wildman–Crippen MR) is 77.1 cm³/mol. The molecule has 0 N–H and O–H groups in total. The minimum atomic E-state index is 0.193. The number of hydrogen-bond acceptors (Lipinski definition) is 3. The summed E-state index contributed by atoms with van der Waals surface area (Å²) in [5.41, 5.74) is 0. The molecule has 2 aliphatic rings. The van der Waals surface area contributed by atoms with Gasteiger partial charge in [0.25, 0.3) is 5.91 Å². The Labute approximate surface area is 120 Å². The van der Waals surface area contributed by atoms with E-state index in [9.17, 15) is 4.79 Å². The number of likely N-dealkylation sites (tertiary alicyclic amines) is 2. The number of nitrogens with zero attached hydrogens (tertiary/aromatic N) is 2. The van der Waals surface area contributed by atoms with Gasteiger partial charge in [-0.2, -0.15) is 0 Å². The predicted octanol–water partition coefficient (Wildman–Crippen LogP) is 2.82. The van der Waals surface area contributed by atoms with Gasteiger partial charge in [-0.15, -0.1) is 11.3 Å². The summed E-state index contributed by atoms with van der Waals surface area (Å²) >= 11 is 4.97. The molecule has 1 aromatic heterocycles. The first-order chi connectivity index (χ1) is 8.75. The third kappa shape index (κ3) is 2.36. The highest BCUT2D eigenvalue weighted by atomic mass is 79.9. The average molecular weight is 329 g/mol. The summed E-state index contributed by atoms with van der Waals surface area (Å²) in [4.78, 5) is 17.8. The van der Waals surface area contributed by atoms with Crippen LogP contribution in [0.15, 0.2) is 15.9 Å². The Morgan fingerprint density at radius 2 is 2.11 bits per heavy atom. The molecule has 3 nitrogen and oxygen atoms in total. The normalized spacial score (nSPS) is 24.9. The van der Waals surface area contributed by atoms with E-state index in [1.165, 1.54) is 37.3 Å². The number of amides is 1. The van der Waals surface area contributed by atoms with Crippen LogP contribution in [0.5, 0.6) is 0 Å². The van der Waals surface area contributed by atoms with Crippen molar-refractivity contribution in [2.45, 2.75) is 25.3 Å². The van der Waals surface area contributed by atoms with Crippen molar-refractivity contribution in [2.75, 3.05) is 26.2 Å². The Bertz CT molecular complexity index is 442. The van der Waals surface area contributed by atoms with Crippen LogP contribution < -0.4 is 0 Å². The first-order valence-electron chi connectivity index (χ1n) is 6.52. The topological polar surface area (TPSA) is 23.6 Å². The average Bonchev–Trinajstić information content (AvgIpc) is 3.09. The van der Waals surface area contributed by atoms with Gasteiger partial charge >= 0.3 is 0 Å². The molecule has 0 aromatic carbocycles. The molecule has 1 amide bonds. The van der Waals surface area contributed by atoms with Gasteiger partial charge in [0.2, 0.25) is 0 Å². The van der Waals surface area contributed by atoms with E-state index in [0.717, 1.165) is 28.9 Å². The molecule has 18 heavy (non-hydrogen) atoms. The smallest absolute Gasteiger partial charge is 0.265 e. The lowest BCUT2D eigenvalue weighted by molar-refractivity contribution is 0.0784. The summed E-state index contributed by atoms with van der Waals surface area (Å²) in [5.74, 6) is 0.193. The Kier molecular flexibility index (Phi) is 3.73. The van der Waals surface area contributed by atoms with E-state index in [1.54, 1.807) is 0 Å². The van der Waals surface area contributed by atoms with Gasteiger partial charge in [-0.1, -0.05) is 0 Å². The minimum Gasteiger partial charge on any atom is -0.336 e. The number of rotatable bonds is 2. The van der Waals surface area contributed by atoms with Gasteiger partial charge in [0.15, 0.2) is 0 Å². The van der Waals surface area contributed by atoms with Crippen molar-refractivity contribution in [3.05, 3.63) is 20.8 Å². The lowest BCUT2D eigenvalue weighted by Gasteiger charge is -2.23. The number of thiophene rings is 1. The second-order valence-corrected chi connectivity index (χ2v) is 6.80. The number of carbonyl (C=O) groups is 1. The van der Waals surface area contributed by atoms with E-state index < -0.39 is 0 Å². The summed E-state index contributed by atoms with van der Waals surface area (Å²) in [7, 11) is 0. The van der Waals surface area contributed by atoms with E-state index in [2.05, 4.69) is 20.8 Å². The Morgan fingerprint density at radius 3 is 2.78 bits per heavy atom. The maximum Gasteiger partial charge on any atom is 0.265 e. The van der Waals surface area contributed by atoms with Gasteiger partial charge in [-0.05, 0) is 59.7 Å². The van der Waals surface area contributed by atoms with Crippen LogP contribution >= 0.6 is 27.3 Å². The molecule has 1 unspecified atom stereocenters. The summed E-state index contributed by atoms with van der Waals surface area (Å²) in [6, 6.07) is 2.54. The van der Waals surface area contributed by atoms with Gasteiger partial charge in [-0.25, -0.2) is 0 Å². The Hall–Kier alpha value is -0.390. The van der Waals surface area contributed by atoms with Gasteiger partial charge in [0.1, 0.15) is 4.88 Å². The molecule has 98 valence electrons. The summed E-state index contributed by atoms with van der Waals surface area (Å²) < 4.78 is 0.933. The third-order valence-corrected chi connectivity index (χ3v) is 5.74. The first-order valence-corrected chi connectivity index (χ1v) is 8.19. The molecule has 0 bridgehead atoms. The highest BCUT2D eigenvalue weighted by molar-refractivity contribution is 9.10. The quantitative estimate of drug-likeness (QED) is 0.833. The molecule has 2 saturated heterocycles. The molecule has 0 aliphatic carbocycles. The molecule has 0 spiro atoms. The molecule has 0 saturated carbocycles. The standard InChI is InChI=1S/C13H17BrN2OS/c14-11-4-8-18-12(11)13(17)16-7-3-10(9-16)15-5-1-2-6-15/h4,8,10H,1-3,5-7,9H2. The van der Waals surface area contributed by atoms with Crippen molar-refractivity contribution in [1.82, 2.24) is 9.80 Å². The zero-order valence-corrected chi connectivity index (χ0v) is 12.7. The van der Waals surface area contributed by atoms with Crippen molar-refractivity contribution in [1.29, 1.82) is 0 Å². The largest absolute Gasteiger partial charge is 0.336 e. The molecule has 3 rings (SSSR count). The van der Waals surface area contributed by atoms with Crippen molar-refractivity contribution in [3.63, 3.8) is 0 Å². The minimum absolute atomic E-state index is 0.193. The van der Waals surface area contributed by atoms with Crippen LogP contribution in [-0.4, -0.2) is 47.9 Å². The van der Waals surface area contributed by atoms with Crippen LogP contribution in [0.1, 0.15) is 28.9 Å². The van der Waals surface area contributed by atoms with Crippen LogP contribution in [0.2, 0.25) is 0 Å². The number of halogens is 1. The summed E-state index contributed by atoms with van der Waals surface area (Å²) in [5, 5.41) is 1.96. The molecule has 5 heteroatoms. The van der Waals surface area contributed by atoms with E-state index in [-0.39, 0.29) is 5.91 Å². The van der Waals surface area contributed by atoms with Gasteiger partial charge in [0, 0.05) is 23.6 Å². The number of hydrogen-bond donors (Lipinski definition) is 0. The van der Waals surface area contributed by atoms with Gasteiger partial charge in [0.05, 0.1) is 0 Å². The molecule has 2 fully saturated rings. The van der Waals surface area contributed by atoms with Crippen molar-refractivity contribution < 1.29 is 4.79 Å². The summed E-state index contributed by atoms with van der Waals surface area (Å²) in [6.45, 7) is 4.25. The zero-order valence-electron chi connectivity index (χ0n) is 10.3. The van der Waals surface area contributed by atoms with Crippen molar-refractivity contribution in [3.8, 4) is 0 Å². The number of carbonyl (C=O) groups excluding carboxylic acids is 1. The fraction of sp³-hybridized carbons (Fsp3) is 0.615. The second kappa shape index (κ2) is 5.31. The fourth-order valence-corrected chi connectivity index (χ4v) is 4.43. The lowest BCUT2D eigenvalue weighted by atomic mass is 10.2. The van der Waals surface area contributed by atoms with E-state index in [1.807, 2.05) is 16.3 Å². The van der Waals surface area contributed by atoms with Crippen LogP contribution in [0.3, 0.4) is 0 Å². The molecular weight excluding hydrogens is 312 g/mol. The third-order valence-electron chi connectivity index (χ3n) is 3.92. The van der Waals surface area contributed by atoms with Crippen molar-refractivity contribution >= 4 is 33.2 Å². The maximum absolute atomic E-state index is 12.4. The summed E-state index contributed by atoms with van der Waals surface area (Å²) in [6.07, 6.45) is 3.77. The van der Waals surface area contributed by atoms with E-state index >= 15 is 0 Å². The molecule has 2 aliphatic heterocycles. The maximum atomic E-state index is 12.4. The second-order valence-electron chi connectivity index (χ2n) is 5.03. The van der Waals surface area contributed by atoms with Crippen LogP contribution in [0.4, 0.5) is 0 Å². The molecule has 3 heterocycles. The SMILES string of the molecule is O=C(c1sccc1Br)N1CCC(N2CCCC2)C1. The molecular formula is C13H17BrN2OS. The molecule has 1 atom stereocenters. The van der Waals surface area contributed by atoms with Crippen molar-refractivity contribution in [2.24, 2.45) is 0 Å². The highest BCUT2D eigenvalue weighted by Gasteiger charge is 2.32. The van der Waals surface area contributed by atoms with Gasteiger partial charge in [-0.3, -0.25) is 9.69 Å².